The van der Waals surface area contributed by atoms with Crippen molar-refractivity contribution in [3.05, 3.63) is 0 Å². The van der Waals surface area contributed by atoms with Gasteiger partial charge in [-0.05, 0) is 6.92 Å². The predicted octanol–water partition coefficient (Wildman–Crippen LogP) is -1.36. The molecule has 3 N–H and O–H groups in total. The van der Waals surface area contributed by atoms with Crippen LogP contribution >= 0.6 is 0 Å². The van der Waals surface area contributed by atoms with Crippen molar-refractivity contribution in [1.29, 1.82) is 0 Å². The summed E-state index contributed by atoms with van der Waals surface area (Å²) < 4.78 is 9.61. The molecule has 6 heteroatoms. The summed E-state index contributed by atoms with van der Waals surface area (Å²) in [4.78, 5) is 21.3. The lowest BCUT2D eigenvalue weighted by atomic mass is 10.4. The molecule has 1 atom stereocenters. The largest absolute Gasteiger partial charge is 0.372 e. The quantitative estimate of drug-likeness (QED) is 0.501. The topological polar surface area (TPSA) is 90.7 Å². The Hall–Kier alpha value is -1.14. The van der Waals surface area contributed by atoms with Gasteiger partial charge in [0.25, 0.3) is 0 Å². The van der Waals surface area contributed by atoms with Gasteiger partial charge in [-0.15, -0.1) is 0 Å². The van der Waals surface area contributed by atoms with Crippen LogP contribution in [0.1, 0.15) is 6.92 Å². The summed E-state index contributed by atoms with van der Waals surface area (Å²) in [6.07, 6.45) is -0.480. The number of nitrogens with two attached hydrogens (primary N) is 1. The van der Waals surface area contributed by atoms with Crippen molar-refractivity contribution in [2.75, 3.05) is 26.9 Å². The molecule has 1 unspecified atom stereocenters. The molecule has 0 rings (SSSR count). The van der Waals surface area contributed by atoms with Gasteiger partial charge in [0.05, 0.1) is 6.61 Å². The second kappa shape index (κ2) is 7.28. The SMILES string of the molecule is COC(C)C(=O)NCCOCC(N)=O. The maximum absolute atomic E-state index is 11.1. The molecule has 0 aliphatic heterocycles. The summed E-state index contributed by atoms with van der Waals surface area (Å²) in [7, 11) is 1.45. The Morgan fingerprint density at radius 1 is 1.50 bits per heavy atom. The number of hydrogen-bond donors (Lipinski definition) is 2. The van der Waals surface area contributed by atoms with E-state index < -0.39 is 12.0 Å². The summed E-state index contributed by atoms with van der Waals surface area (Å²) in [6, 6.07) is 0. The second-order valence-corrected chi connectivity index (χ2v) is 2.69. The fourth-order valence-electron chi connectivity index (χ4n) is 0.670. The standard InChI is InChI=1S/C8H16N2O4/c1-6(13-2)8(12)10-3-4-14-5-7(9)11/h6H,3-5H2,1-2H3,(H2,9,11)(H,10,12). The molecule has 82 valence electrons. The fraction of sp³-hybridized carbons (Fsp3) is 0.750. The molecule has 0 spiro atoms. The predicted molar refractivity (Wildman–Crippen MR) is 49.5 cm³/mol. The van der Waals surface area contributed by atoms with Crippen molar-refractivity contribution < 1.29 is 19.1 Å². The summed E-state index contributed by atoms with van der Waals surface area (Å²) in [5.74, 6) is -0.739. The first-order valence-electron chi connectivity index (χ1n) is 4.24. The van der Waals surface area contributed by atoms with Crippen LogP contribution in [0.2, 0.25) is 0 Å². The van der Waals surface area contributed by atoms with E-state index in [2.05, 4.69) is 5.32 Å². The zero-order valence-corrected chi connectivity index (χ0v) is 8.41. The smallest absolute Gasteiger partial charge is 0.248 e. The van der Waals surface area contributed by atoms with Gasteiger partial charge in [-0.2, -0.15) is 0 Å². The zero-order chi connectivity index (χ0) is 11.0. The Balaban J connectivity index is 3.36. The third-order valence-corrected chi connectivity index (χ3v) is 1.51. The van der Waals surface area contributed by atoms with E-state index in [4.69, 9.17) is 15.2 Å². The first kappa shape index (κ1) is 12.9. The van der Waals surface area contributed by atoms with E-state index in [1.807, 2.05) is 0 Å². The van der Waals surface area contributed by atoms with Gasteiger partial charge in [-0.1, -0.05) is 0 Å². The number of nitrogens with one attached hydrogen (secondary N) is 1. The highest BCUT2D eigenvalue weighted by Crippen LogP contribution is 1.85. The van der Waals surface area contributed by atoms with Gasteiger partial charge in [0.2, 0.25) is 11.8 Å². The Bertz CT molecular complexity index is 196. The third-order valence-electron chi connectivity index (χ3n) is 1.51. The minimum atomic E-state index is -0.526. The fourth-order valence-corrected chi connectivity index (χ4v) is 0.670. The molecular formula is C8H16N2O4. The molecule has 0 saturated carbocycles. The van der Waals surface area contributed by atoms with Crippen LogP contribution in [0.4, 0.5) is 0 Å². The molecule has 0 aliphatic rings. The molecule has 2 amide bonds. The molecule has 0 bridgehead atoms. The van der Waals surface area contributed by atoms with Crippen molar-refractivity contribution in [3.63, 3.8) is 0 Å². The average Bonchev–Trinajstić information content (AvgIpc) is 2.15. The molecule has 0 aromatic carbocycles. The first-order valence-corrected chi connectivity index (χ1v) is 4.24. The number of rotatable bonds is 7. The zero-order valence-electron chi connectivity index (χ0n) is 8.41. The highest BCUT2D eigenvalue weighted by molar-refractivity contribution is 5.80. The Morgan fingerprint density at radius 2 is 2.14 bits per heavy atom. The average molecular weight is 204 g/mol. The first-order chi connectivity index (χ1) is 6.57. The van der Waals surface area contributed by atoms with Crippen molar-refractivity contribution >= 4 is 11.8 Å². The molecule has 0 fully saturated rings. The van der Waals surface area contributed by atoms with Crippen molar-refractivity contribution in [2.45, 2.75) is 13.0 Å². The van der Waals surface area contributed by atoms with E-state index in [0.29, 0.717) is 6.54 Å². The van der Waals surface area contributed by atoms with Crippen LogP contribution in [0, 0.1) is 0 Å². The molecule has 0 aliphatic carbocycles. The van der Waals surface area contributed by atoms with Crippen LogP contribution in [-0.2, 0) is 19.1 Å². The maximum Gasteiger partial charge on any atom is 0.248 e. The highest BCUT2D eigenvalue weighted by Gasteiger charge is 2.09. The maximum atomic E-state index is 11.1. The third kappa shape index (κ3) is 6.38. The van der Waals surface area contributed by atoms with Gasteiger partial charge in [0.15, 0.2) is 0 Å². The second-order valence-electron chi connectivity index (χ2n) is 2.69. The van der Waals surface area contributed by atoms with E-state index in [1.165, 1.54) is 7.11 Å². The lowest BCUT2D eigenvalue weighted by Gasteiger charge is -2.09. The molecule has 0 saturated heterocycles. The van der Waals surface area contributed by atoms with Gasteiger partial charge in [0.1, 0.15) is 12.7 Å². The molecule has 6 nitrogen and oxygen atoms in total. The van der Waals surface area contributed by atoms with Gasteiger partial charge < -0.3 is 20.5 Å². The number of amides is 2. The number of carbonyl (C=O) groups excluding carboxylic acids is 2. The Kier molecular flexibility index (Phi) is 6.69. The monoisotopic (exact) mass is 204 g/mol. The number of carbonyl (C=O) groups is 2. The Labute approximate surface area is 82.7 Å². The minimum Gasteiger partial charge on any atom is -0.372 e. The van der Waals surface area contributed by atoms with Gasteiger partial charge in [-0.3, -0.25) is 9.59 Å². The number of primary amides is 1. The van der Waals surface area contributed by atoms with Crippen LogP contribution in [0.15, 0.2) is 0 Å². The Morgan fingerprint density at radius 3 is 2.64 bits per heavy atom. The van der Waals surface area contributed by atoms with Crippen LogP contribution in [0.3, 0.4) is 0 Å². The molecule has 0 heterocycles. The summed E-state index contributed by atoms with van der Waals surface area (Å²) in [5.41, 5.74) is 4.83. The van der Waals surface area contributed by atoms with Crippen molar-refractivity contribution in [2.24, 2.45) is 5.73 Å². The van der Waals surface area contributed by atoms with Gasteiger partial charge in [-0.25, -0.2) is 0 Å². The van der Waals surface area contributed by atoms with Gasteiger partial charge >= 0.3 is 0 Å². The van der Waals surface area contributed by atoms with Crippen LogP contribution < -0.4 is 11.1 Å². The lowest BCUT2D eigenvalue weighted by Crippen LogP contribution is -2.36. The van der Waals surface area contributed by atoms with Crippen LogP contribution in [0.25, 0.3) is 0 Å². The molecule has 0 aromatic rings. The lowest BCUT2D eigenvalue weighted by molar-refractivity contribution is -0.130. The number of ether oxygens (including phenoxy) is 2. The van der Waals surface area contributed by atoms with Crippen molar-refractivity contribution in [3.8, 4) is 0 Å². The molecule has 0 aromatic heterocycles. The van der Waals surface area contributed by atoms with E-state index in [0.717, 1.165) is 0 Å². The molecule has 14 heavy (non-hydrogen) atoms. The van der Waals surface area contributed by atoms with E-state index in [9.17, 15) is 9.59 Å². The van der Waals surface area contributed by atoms with E-state index >= 15 is 0 Å². The van der Waals surface area contributed by atoms with E-state index in [1.54, 1.807) is 6.92 Å². The number of methoxy groups -OCH3 is 1. The van der Waals surface area contributed by atoms with Crippen molar-refractivity contribution in [1.82, 2.24) is 5.32 Å². The normalized spacial score (nSPS) is 12.1. The molecule has 0 radical (unpaired) electrons. The minimum absolute atomic E-state index is 0.129. The summed E-state index contributed by atoms with van der Waals surface area (Å²) in [6.45, 7) is 2.10. The van der Waals surface area contributed by atoms with Gasteiger partial charge in [0, 0.05) is 13.7 Å². The van der Waals surface area contributed by atoms with E-state index in [-0.39, 0.29) is 19.1 Å². The summed E-state index contributed by atoms with van der Waals surface area (Å²) in [5, 5.41) is 2.57. The summed E-state index contributed by atoms with van der Waals surface area (Å²) >= 11 is 0. The highest BCUT2D eigenvalue weighted by atomic mass is 16.5. The van der Waals surface area contributed by atoms with Crippen LogP contribution in [0.5, 0.6) is 0 Å². The molecular weight excluding hydrogens is 188 g/mol. The van der Waals surface area contributed by atoms with Crippen LogP contribution in [-0.4, -0.2) is 44.8 Å². The number of hydrogen-bond acceptors (Lipinski definition) is 4.